The van der Waals surface area contributed by atoms with Crippen molar-refractivity contribution in [2.75, 3.05) is 19.6 Å². The predicted octanol–water partition coefficient (Wildman–Crippen LogP) is -0.476. The second-order valence-electron chi connectivity index (χ2n) is 3.51. The maximum absolute atomic E-state index is 4.26. The number of hydrogen-bond acceptors (Lipinski definition) is 3. The molecular formula is C9H16N4. The molecule has 4 nitrogen and oxygen atoms in total. The van der Waals surface area contributed by atoms with Crippen LogP contribution in [0.15, 0.2) is 12.4 Å². The van der Waals surface area contributed by atoms with Crippen LogP contribution in [0.3, 0.4) is 0 Å². The maximum Gasteiger partial charge on any atom is 0.109 e. The summed E-state index contributed by atoms with van der Waals surface area (Å²) in [5, 5.41) is 6.70. The van der Waals surface area contributed by atoms with Crippen molar-refractivity contribution < 1.29 is 0 Å². The lowest BCUT2D eigenvalue weighted by Gasteiger charge is -2.28. The highest BCUT2D eigenvalue weighted by Crippen LogP contribution is 1.95. The molecule has 0 aromatic carbocycles. The first kappa shape index (κ1) is 8.72. The first-order valence-electron chi connectivity index (χ1n) is 4.76. The van der Waals surface area contributed by atoms with Crippen LogP contribution in [0, 0.1) is 0 Å². The Morgan fingerprint density at radius 2 is 2.54 bits per heavy atom. The zero-order valence-electron chi connectivity index (χ0n) is 7.95. The van der Waals surface area contributed by atoms with Crippen molar-refractivity contribution in [1.82, 2.24) is 20.2 Å². The van der Waals surface area contributed by atoms with E-state index < -0.39 is 0 Å². The number of hydrogen-bond donors (Lipinski definition) is 2. The van der Waals surface area contributed by atoms with Crippen LogP contribution in [0.2, 0.25) is 0 Å². The van der Waals surface area contributed by atoms with E-state index >= 15 is 0 Å². The summed E-state index contributed by atoms with van der Waals surface area (Å²) in [6.45, 7) is 3.25. The SMILES string of the molecule is Cn1ccnc1CCNC1CNC1. The van der Waals surface area contributed by atoms with Crippen molar-refractivity contribution in [1.29, 1.82) is 0 Å². The van der Waals surface area contributed by atoms with E-state index in [1.54, 1.807) is 0 Å². The van der Waals surface area contributed by atoms with E-state index in [0.717, 1.165) is 31.9 Å². The third kappa shape index (κ3) is 2.08. The summed E-state index contributed by atoms with van der Waals surface area (Å²) in [6.07, 6.45) is 4.85. The molecule has 1 aliphatic rings. The van der Waals surface area contributed by atoms with E-state index in [9.17, 15) is 0 Å². The molecule has 72 valence electrons. The molecule has 0 spiro atoms. The largest absolute Gasteiger partial charge is 0.338 e. The molecule has 1 aromatic heterocycles. The van der Waals surface area contributed by atoms with Crippen LogP contribution in [-0.2, 0) is 13.5 Å². The van der Waals surface area contributed by atoms with Gasteiger partial charge in [0, 0.05) is 51.5 Å². The Labute approximate surface area is 78.4 Å². The second-order valence-corrected chi connectivity index (χ2v) is 3.51. The van der Waals surface area contributed by atoms with Crippen molar-refractivity contribution in [3.05, 3.63) is 18.2 Å². The monoisotopic (exact) mass is 180 g/mol. The number of nitrogens with zero attached hydrogens (tertiary/aromatic N) is 2. The fourth-order valence-electron chi connectivity index (χ4n) is 1.46. The molecule has 13 heavy (non-hydrogen) atoms. The summed E-state index contributed by atoms with van der Waals surface area (Å²) in [6, 6.07) is 0.681. The minimum Gasteiger partial charge on any atom is -0.338 e. The molecule has 1 aliphatic heterocycles. The lowest BCUT2D eigenvalue weighted by atomic mass is 10.2. The van der Waals surface area contributed by atoms with Gasteiger partial charge in [0.25, 0.3) is 0 Å². The second kappa shape index (κ2) is 3.89. The van der Waals surface area contributed by atoms with Gasteiger partial charge in [0.15, 0.2) is 0 Å². The van der Waals surface area contributed by atoms with Gasteiger partial charge < -0.3 is 15.2 Å². The molecule has 1 aromatic rings. The average molecular weight is 180 g/mol. The number of rotatable bonds is 4. The molecule has 0 radical (unpaired) electrons. The van der Waals surface area contributed by atoms with Crippen LogP contribution in [-0.4, -0.2) is 35.2 Å². The third-order valence-corrected chi connectivity index (χ3v) is 2.48. The van der Waals surface area contributed by atoms with Gasteiger partial charge in [-0.1, -0.05) is 0 Å². The summed E-state index contributed by atoms with van der Waals surface area (Å²) in [7, 11) is 2.03. The highest BCUT2D eigenvalue weighted by atomic mass is 15.1. The Hall–Kier alpha value is -0.870. The molecule has 0 amide bonds. The summed E-state index contributed by atoms with van der Waals surface area (Å²) in [4.78, 5) is 4.26. The van der Waals surface area contributed by atoms with Gasteiger partial charge in [0.1, 0.15) is 5.82 Å². The third-order valence-electron chi connectivity index (χ3n) is 2.48. The van der Waals surface area contributed by atoms with Gasteiger partial charge in [-0.05, 0) is 0 Å². The van der Waals surface area contributed by atoms with Crippen LogP contribution in [0.5, 0.6) is 0 Å². The molecule has 2 rings (SSSR count). The maximum atomic E-state index is 4.26. The molecule has 1 saturated heterocycles. The summed E-state index contributed by atoms with van der Waals surface area (Å²) >= 11 is 0. The van der Waals surface area contributed by atoms with Crippen LogP contribution in [0.4, 0.5) is 0 Å². The molecule has 0 aliphatic carbocycles. The number of aromatic nitrogens is 2. The smallest absolute Gasteiger partial charge is 0.109 e. The number of aryl methyl sites for hydroxylation is 1. The predicted molar refractivity (Wildman–Crippen MR) is 51.6 cm³/mol. The Kier molecular flexibility index (Phi) is 2.61. The van der Waals surface area contributed by atoms with Gasteiger partial charge in [0.2, 0.25) is 0 Å². The normalized spacial score (nSPS) is 17.3. The van der Waals surface area contributed by atoms with E-state index in [0.29, 0.717) is 6.04 Å². The lowest BCUT2D eigenvalue weighted by Crippen LogP contribution is -2.55. The lowest BCUT2D eigenvalue weighted by molar-refractivity contribution is 0.367. The molecule has 1 fully saturated rings. The molecule has 0 unspecified atom stereocenters. The van der Waals surface area contributed by atoms with Crippen molar-refractivity contribution in [3.8, 4) is 0 Å². The first-order valence-corrected chi connectivity index (χ1v) is 4.76. The van der Waals surface area contributed by atoms with Gasteiger partial charge in [-0.3, -0.25) is 0 Å². The highest BCUT2D eigenvalue weighted by molar-refractivity contribution is 4.92. The Morgan fingerprint density at radius 3 is 3.08 bits per heavy atom. The number of nitrogens with one attached hydrogen (secondary N) is 2. The Morgan fingerprint density at radius 1 is 1.69 bits per heavy atom. The standard InChI is InChI=1S/C9H16N4/c1-13-5-4-12-9(13)2-3-11-8-6-10-7-8/h4-5,8,10-11H,2-3,6-7H2,1H3. The van der Waals surface area contributed by atoms with Crippen molar-refractivity contribution in [2.24, 2.45) is 7.05 Å². The van der Waals surface area contributed by atoms with Gasteiger partial charge in [0.05, 0.1) is 0 Å². The molecule has 0 saturated carbocycles. The van der Waals surface area contributed by atoms with Crippen LogP contribution >= 0.6 is 0 Å². The van der Waals surface area contributed by atoms with Gasteiger partial charge in [-0.2, -0.15) is 0 Å². The molecule has 4 heteroatoms. The highest BCUT2D eigenvalue weighted by Gasteiger charge is 2.14. The zero-order chi connectivity index (χ0) is 9.10. The summed E-state index contributed by atoms with van der Waals surface area (Å²) < 4.78 is 2.07. The summed E-state index contributed by atoms with van der Waals surface area (Å²) in [5.74, 6) is 1.15. The van der Waals surface area contributed by atoms with Crippen molar-refractivity contribution >= 4 is 0 Å². The van der Waals surface area contributed by atoms with Gasteiger partial charge >= 0.3 is 0 Å². The van der Waals surface area contributed by atoms with Crippen LogP contribution < -0.4 is 10.6 Å². The molecule has 2 N–H and O–H groups in total. The van der Waals surface area contributed by atoms with Gasteiger partial charge in [-0.15, -0.1) is 0 Å². The average Bonchev–Trinajstić information content (AvgIpc) is 2.42. The first-order chi connectivity index (χ1) is 6.36. The van der Waals surface area contributed by atoms with E-state index in [1.165, 1.54) is 0 Å². The van der Waals surface area contributed by atoms with Crippen molar-refractivity contribution in [3.63, 3.8) is 0 Å². The molecular weight excluding hydrogens is 164 g/mol. The minimum atomic E-state index is 0.681. The van der Waals surface area contributed by atoms with Gasteiger partial charge in [-0.25, -0.2) is 4.98 Å². The fraction of sp³-hybridized carbons (Fsp3) is 0.667. The quantitative estimate of drug-likeness (QED) is 0.658. The molecule has 2 heterocycles. The topological polar surface area (TPSA) is 41.9 Å². The molecule has 0 atom stereocenters. The Bertz CT molecular complexity index is 264. The van der Waals surface area contributed by atoms with Crippen LogP contribution in [0.25, 0.3) is 0 Å². The summed E-state index contributed by atoms with van der Waals surface area (Å²) in [5.41, 5.74) is 0. The Balaban J connectivity index is 1.70. The molecule has 0 bridgehead atoms. The van der Waals surface area contributed by atoms with E-state index in [1.807, 2.05) is 19.4 Å². The zero-order valence-corrected chi connectivity index (χ0v) is 7.95. The van der Waals surface area contributed by atoms with E-state index in [-0.39, 0.29) is 0 Å². The number of imidazole rings is 1. The minimum absolute atomic E-state index is 0.681. The van der Waals surface area contributed by atoms with Crippen molar-refractivity contribution in [2.45, 2.75) is 12.5 Å². The van der Waals surface area contributed by atoms with Crippen LogP contribution in [0.1, 0.15) is 5.82 Å². The van der Waals surface area contributed by atoms with E-state index in [2.05, 4.69) is 20.2 Å². The fourth-order valence-corrected chi connectivity index (χ4v) is 1.46. The van der Waals surface area contributed by atoms with E-state index in [4.69, 9.17) is 0 Å².